The van der Waals surface area contributed by atoms with Crippen LogP contribution in [-0.4, -0.2) is 24.3 Å². The number of hydrogen-bond acceptors (Lipinski definition) is 2. The lowest BCUT2D eigenvalue weighted by molar-refractivity contribution is 0.283. The molecule has 0 aromatic rings. The van der Waals surface area contributed by atoms with Crippen molar-refractivity contribution in [2.75, 3.05) is 13.2 Å². The Hall–Kier alpha value is -0.0800. The Bertz CT molecular complexity index is 96.1. The molecule has 1 atom stereocenters. The highest BCUT2D eigenvalue weighted by Crippen LogP contribution is 2.04. The minimum Gasteiger partial charge on any atom is -0.396 e. The first kappa shape index (κ1) is 12.9. The van der Waals surface area contributed by atoms with Gasteiger partial charge >= 0.3 is 0 Å². The molecule has 0 bridgehead atoms. The summed E-state index contributed by atoms with van der Waals surface area (Å²) >= 11 is 0. The summed E-state index contributed by atoms with van der Waals surface area (Å²) in [6.07, 6.45) is 7.52. The molecule has 2 nitrogen and oxygen atoms in total. The summed E-state index contributed by atoms with van der Waals surface area (Å²) in [5, 5.41) is 12.0. The van der Waals surface area contributed by atoms with Crippen molar-refractivity contribution in [3.63, 3.8) is 0 Å². The van der Waals surface area contributed by atoms with Gasteiger partial charge in [0.1, 0.15) is 0 Å². The third-order valence-electron chi connectivity index (χ3n) is 2.32. The second-order valence-corrected chi connectivity index (χ2v) is 3.78. The summed E-state index contributed by atoms with van der Waals surface area (Å²) < 4.78 is 0. The molecule has 13 heavy (non-hydrogen) atoms. The van der Waals surface area contributed by atoms with Crippen LogP contribution in [0, 0.1) is 0 Å². The lowest BCUT2D eigenvalue weighted by Gasteiger charge is -2.12. The molecule has 0 unspecified atom stereocenters. The molecule has 0 saturated heterocycles. The number of rotatable bonds is 9. The van der Waals surface area contributed by atoms with E-state index in [2.05, 4.69) is 19.2 Å². The van der Waals surface area contributed by atoms with Crippen LogP contribution in [-0.2, 0) is 0 Å². The van der Waals surface area contributed by atoms with Crippen molar-refractivity contribution >= 4 is 0 Å². The second kappa shape index (κ2) is 10.0. The van der Waals surface area contributed by atoms with Crippen LogP contribution in [0.2, 0.25) is 0 Å². The molecule has 2 heteroatoms. The minimum absolute atomic E-state index is 0.301. The zero-order chi connectivity index (χ0) is 9.94. The molecule has 2 N–H and O–H groups in total. The quantitative estimate of drug-likeness (QED) is 0.543. The maximum Gasteiger partial charge on any atom is 0.0443 e. The van der Waals surface area contributed by atoms with Gasteiger partial charge in [-0.2, -0.15) is 0 Å². The SMILES string of the molecule is CCCCCC[C@@H](C)NCCCO. The van der Waals surface area contributed by atoms with E-state index < -0.39 is 0 Å². The summed E-state index contributed by atoms with van der Waals surface area (Å²) in [4.78, 5) is 0. The van der Waals surface area contributed by atoms with E-state index in [0.29, 0.717) is 12.6 Å². The van der Waals surface area contributed by atoms with Crippen LogP contribution in [0.15, 0.2) is 0 Å². The summed E-state index contributed by atoms with van der Waals surface area (Å²) in [7, 11) is 0. The average molecular weight is 187 g/mol. The van der Waals surface area contributed by atoms with Crippen molar-refractivity contribution < 1.29 is 5.11 Å². The van der Waals surface area contributed by atoms with Gasteiger partial charge in [-0.05, 0) is 26.3 Å². The van der Waals surface area contributed by atoms with Crippen molar-refractivity contribution in [1.29, 1.82) is 0 Å². The highest BCUT2D eigenvalue weighted by atomic mass is 16.3. The van der Waals surface area contributed by atoms with E-state index in [1.54, 1.807) is 0 Å². The van der Waals surface area contributed by atoms with E-state index in [1.165, 1.54) is 32.1 Å². The van der Waals surface area contributed by atoms with Crippen molar-refractivity contribution in [2.24, 2.45) is 0 Å². The molecule has 0 aliphatic heterocycles. The Morgan fingerprint density at radius 3 is 2.54 bits per heavy atom. The Labute approximate surface area is 82.7 Å². The van der Waals surface area contributed by atoms with Crippen LogP contribution in [0.5, 0.6) is 0 Å². The largest absolute Gasteiger partial charge is 0.396 e. The molecular weight excluding hydrogens is 162 g/mol. The van der Waals surface area contributed by atoms with Gasteiger partial charge in [0.05, 0.1) is 0 Å². The number of hydrogen-bond donors (Lipinski definition) is 2. The zero-order valence-electron chi connectivity index (χ0n) is 9.18. The first-order valence-electron chi connectivity index (χ1n) is 5.65. The van der Waals surface area contributed by atoms with Gasteiger partial charge in [0.2, 0.25) is 0 Å². The molecule has 0 spiro atoms. The zero-order valence-corrected chi connectivity index (χ0v) is 9.18. The van der Waals surface area contributed by atoms with Crippen LogP contribution in [0.1, 0.15) is 52.4 Å². The molecule has 0 aromatic carbocycles. The lowest BCUT2D eigenvalue weighted by atomic mass is 10.1. The molecule has 80 valence electrons. The highest BCUT2D eigenvalue weighted by molar-refractivity contribution is 4.60. The standard InChI is InChI=1S/C11H25NO/c1-3-4-5-6-8-11(2)12-9-7-10-13/h11-13H,3-10H2,1-2H3/t11-/m1/s1. The topological polar surface area (TPSA) is 32.3 Å². The number of aliphatic hydroxyl groups excluding tert-OH is 1. The molecule has 0 saturated carbocycles. The van der Waals surface area contributed by atoms with Crippen LogP contribution in [0.4, 0.5) is 0 Å². The molecule has 0 aliphatic rings. The molecule has 0 aromatic heterocycles. The fourth-order valence-electron chi connectivity index (χ4n) is 1.41. The summed E-state index contributed by atoms with van der Waals surface area (Å²) in [6, 6.07) is 0.614. The van der Waals surface area contributed by atoms with Gasteiger partial charge < -0.3 is 10.4 Å². The van der Waals surface area contributed by atoms with Crippen molar-refractivity contribution in [1.82, 2.24) is 5.32 Å². The smallest absolute Gasteiger partial charge is 0.0443 e. The molecular formula is C11H25NO. The van der Waals surface area contributed by atoms with E-state index in [-0.39, 0.29) is 0 Å². The fraction of sp³-hybridized carbons (Fsp3) is 1.00. The highest BCUT2D eigenvalue weighted by Gasteiger charge is 1.99. The van der Waals surface area contributed by atoms with Gasteiger partial charge in [0.15, 0.2) is 0 Å². The number of unbranched alkanes of at least 4 members (excludes halogenated alkanes) is 3. The van der Waals surface area contributed by atoms with Gasteiger partial charge in [0, 0.05) is 12.6 Å². The predicted octanol–water partition coefficient (Wildman–Crippen LogP) is 2.32. The molecule has 0 rings (SSSR count). The minimum atomic E-state index is 0.301. The van der Waals surface area contributed by atoms with Gasteiger partial charge in [-0.25, -0.2) is 0 Å². The Morgan fingerprint density at radius 2 is 1.92 bits per heavy atom. The summed E-state index contributed by atoms with van der Waals surface area (Å²) in [5.41, 5.74) is 0. The van der Waals surface area contributed by atoms with Gasteiger partial charge in [-0.15, -0.1) is 0 Å². The molecule has 0 radical (unpaired) electrons. The van der Waals surface area contributed by atoms with Crippen LogP contribution in [0.3, 0.4) is 0 Å². The lowest BCUT2D eigenvalue weighted by Crippen LogP contribution is -2.27. The number of aliphatic hydroxyl groups is 1. The van der Waals surface area contributed by atoms with E-state index >= 15 is 0 Å². The fourth-order valence-corrected chi connectivity index (χ4v) is 1.41. The van der Waals surface area contributed by atoms with Gasteiger partial charge in [-0.3, -0.25) is 0 Å². The van der Waals surface area contributed by atoms with E-state index in [1.807, 2.05) is 0 Å². The van der Waals surface area contributed by atoms with E-state index in [0.717, 1.165) is 13.0 Å². The molecule has 0 fully saturated rings. The Kier molecular flexibility index (Phi) is 9.94. The van der Waals surface area contributed by atoms with E-state index in [9.17, 15) is 0 Å². The number of nitrogens with one attached hydrogen (secondary N) is 1. The molecule has 0 heterocycles. The maximum absolute atomic E-state index is 8.59. The average Bonchev–Trinajstić information content (AvgIpc) is 2.13. The van der Waals surface area contributed by atoms with Gasteiger partial charge in [0.25, 0.3) is 0 Å². The first-order valence-corrected chi connectivity index (χ1v) is 5.65. The molecule has 0 aliphatic carbocycles. The Morgan fingerprint density at radius 1 is 1.15 bits per heavy atom. The van der Waals surface area contributed by atoms with Gasteiger partial charge in [-0.1, -0.05) is 32.6 Å². The van der Waals surface area contributed by atoms with E-state index in [4.69, 9.17) is 5.11 Å². The van der Waals surface area contributed by atoms with Crippen molar-refractivity contribution in [2.45, 2.75) is 58.4 Å². The summed E-state index contributed by atoms with van der Waals surface area (Å²) in [5.74, 6) is 0. The molecule has 0 amide bonds. The third-order valence-corrected chi connectivity index (χ3v) is 2.32. The first-order chi connectivity index (χ1) is 6.31. The Balaban J connectivity index is 3.05. The summed E-state index contributed by atoms with van der Waals surface area (Å²) in [6.45, 7) is 5.72. The maximum atomic E-state index is 8.59. The monoisotopic (exact) mass is 187 g/mol. The van der Waals surface area contributed by atoms with Crippen LogP contribution in [0.25, 0.3) is 0 Å². The van der Waals surface area contributed by atoms with Crippen molar-refractivity contribution in [3.05, 3.63) is 0 Å². The van der Waals surface area contributed by atoms with Crippen LogP contribution < -0.4 is 5.32 Å². The van der Waals surface area contributed by atoms with Crippen molar-refractivity contribution in [3.8, 4) is 0 Å². The second-order valence-electron chi connectivity index (χ2n) is 3.78. The normalized spacial score (nSPS) is 13.2. The third kappa shape index (κ3) is 9.84. The van der Waals surface area contributed by atoms with Crippen LogP contribution >= 0.6 is 0 Å². The predicted molar refractivity (Wildman–Crippen MR) is 57.9 cm³/mol.